The zero-order chi connectivity index (χ0) is 23.1. The Hall–Kier alpha value is -1.57. The average molecular weight is 502 g/mol. The van der Waals surface area contributed by atoms with Crippen molar-refractivity contribution in [1.29, 1.82) is 0 Å². The van der Waals surface area contributed by atoms with Gasteiger partial charge in [-0.05, 0) is 0 Å². The first-order valence-corrected chi connectivity index (χ1v) is 13.2. The molecule has 0 bridgehead atoms. The van der Waals surface area contributed by atoms with Crippen LogP contribution in [0.15, 0.2) is 11.1 Å². The number of nitrogen functional groups attached to an aromatic ring is 1. The van der Waals surface area contributed by atoms with Crippen molar-refractivity contribution < 1.29 is 47.1 Å². The van der Waals surface area contributed by atoms with Gasteiger partial charge in [0.2, 0.25) is 5.95 Å². The molecule has 2 aromatic heterocycles. The first-order valence-electron chi connectivity index (χ1n) is 8.49. The van der Waals surface area contributed by atoms with E-state index in [0.717, 1.165) is 0 Å². The van der Waals surface area contributed by atoms with Crippen LogP contribution in [0, 0.1) is 5.92 Å². The topological polar surface area (TPSA) is 249 Å². The molecule has 0 saturated carbocycles. The third-order valence-electron chi connectivity index (χ3n) is 4.39. The number of aromatic nitrogens is 4. The van der Waals surface area contributed by atoms with E-state index in [0.29, 0.717) is 0 Å². The van der Waals surface area contributed by atoms with Gasteiger partial charge in [0.15, 0.2) is 23.2 Å². The van der Waals surface area contributed by atoms with Crippen LogP contribution in [0.5, 0.6) is 0 Å². The molecule has 16 nitrogen and oxygen atoms in total. The number of ether oxygens (including phenoxy) is 1. The fourth-order valence-corrected chi connectivity index (χ4v) is 6.30. The van der Waals surface area contributed by atoms with E-state index in [9.17, 15) is 28.3 Å². The quantitative estimate of drug-likeness (QED) is 0.252. The molecule has 4 unspecified atom stereocenters. The summed E-state index contributed by atoms with van der Waals surface area (Å²) in [6.07, 6.45) is -2.06. The van der Waals surface area contributed by atoms with E-state index in [2.05, 4.69) is 15.0 Å². The number of nitrogens with two attached hydrogens (primary N) is 1. The summed E-state index contributed by atoms with van der Waals surface area (Å²) in [5.41, 5.74) is 4.98. The van der Waals surface area contributed by atoms with E-state index < -0.39 is 65.9 Å². The van der Waals surface area contributed by atoms with Crippen LogP contribution in [-0.2, 0) is 27.5 Å². The minimum atomic E-state index is -4.85. The smallest absolute Gasteiger partial charge is 0.369 e. The van der Waals surface area contributed by atoms with Crippen molar-refractivity contribution in [3.05, 3.63) is 16.7 Å². The molecule has 0 aliphatic carbocycles. The molecule has 0 amide bonds. The molecule has 31 heavy (non-hydrogen) atoms. The molecule has 1 saturated heterocycles. The molecule has 0 aromatic carbocycles. The highest BCUT2D eigenvalue weighted by Gasteiger charge is 2.49. The molecule has 1 aliphatic rings. The summed E-state index contributed by atoms with van der Waals surface area (Å²) in [6, 6.07) is 0. The number of imidazole rings is 1. The van der Waals surface area contributed by atoms with Crippen LogP contribution in [0.2, 0.25) is 0 Å². The van der Waals surface area contributed by atoms with E-state index in [-0.39, 0.29) is 17.1 Å². The summed E-state index contributed by atoms with van der Waals surface area (Å²) in [5.74, 6) is -2.28. The number of H-pyrrole nitrogens is 1. The molecule has 1 aliphatic heterocycles. The maximum Gasteiger partial charge on any atom is 0.695 e. The third kappa shape index (κ3) is 5.62. The Balaban J connectivity index is 1.88. The number of hydrogen-bond acceptors (Lipinski definition) is 10. The number of nitrogens with zero attached hydrogens (tertiary/aromatic N) is 3. The molecule has 0 radical (unpaired) electrons. The molecule has 3 rings (SSSR count). The van der Waals surface area contributed by atoms with Gasteiger partial charge < -0.3 is 29.7 Å². The van der Waals surface area contributed by atoms with Crippen molar-refractivity contribution in [2.75, 3.05) is 18.2 Å². The van der Waals surface area contributed by atoms with Crippen LogP contribution in [-0.4, -0.2) is 63.8 Å². The van der Waals surface area contributed by atoms with Crippen molar-refractivity contribution in [2.45, 2.75) is 25.4 Å². The van der Waals surface area contributed by atoms with Crippen LogP contribution in [0.25, 0.3) is 11.2 Å². The zero-order valence-electron chi connectivity index (χ0n) is 15.7. The van der Waals surface area contributed by atoms with Crippen LogP contribution in [0.4, 0.5) is 5.95 Å². The van der Waals surface area contributed by atoms with E-state index in [1.165, 1.54) is 10.9 Å². The Morgan fingerprint density at radius 2 is 2.06 bits per heavy atom. The highest BCUT2D eigenvalue weighted by molar-refractivity contribution is 7.70. The van der Waals surface area contributed by atoms with Gasteiger partial charge in [0, 0.05) is 10.5 Å². The highest BCUT2D eigenvalue weighted by Crippen LogP contribution is 2.55. The summed E-state index contributed by atoms with van der Waals surface area (Å²) >= 11 is 0. The Bertz CT molecular complexity index is 1140. The Kier molecular flexibility index (Phi) is 6.80. The van der Waals surface area contributed by atoms with Gasteiger partial charge in [0.1, 0.15) is 12.3 Å². The molecule has 172 valence electrons. The lowest BCUT2D eigenvalue weighted by Gasteiger charge is -2.18. The second kappa shape index (κ2) is 8.75. The third-order valence-corrected chi connectivity index (χ3v) is 8.27. The van der Waals surface area contributed by atoms with Gasteiger partial charge in [0.25, 0.3) is 5.56 Å². The van der Waals surface area contributed by atoms with Crippen LogP contribution < -0.4 is 11.3 Å². The van der Waals surface area contributed by atoms with Gasteiger partial charge in [-0.1, -0.05) is 6.92 Å². The predicted molar refractivity (Wildman–Crippen MR) is 103 cm³/mol. The highest BCUT2D eigenvalue weighted by atomic mass is 31.2. The monoisotopic (exact) mass is 502 g/mol. The summed E-state index contributed by atoms with van der Waals surface area (Å²) < 4.78 is 51.0. The van der Waals surface area contributed by atoms with Crippen molar-refractivity contribution in [2.24, 2.45) is 5.92 Å². The molecule has 19 heteroatoms. The second-order valence-corrected chi connectivity index (χ2v) is 11.4. The maximum atomic E-state index is 12.0. The van der Waals surface area contributed by atoms with Gasteiger partial charge in [-0.2, -0.15) is 4.98 Å². The SMILES string of the molecule is CC1C(O[P+](=O)O)[C@@H](COP(=O)(O)CP(=O)(O)O)O[C@H]1n1cnc2c(=O)[nH]c(N)nc21. The number of nitrogens with one attached hydrogen (secondary N) is 1. The zero-order valence-corrected chi connectivity index (χ0v) is 18.4. The number of aromatic amines is 1. The van der Waals surface area contributed by atoms with Gasteiger partial charge in [0.05, 0.1) is 12.9 Å². The number of fused-ring (bicyclic) bond motifs is 1. The summed E-state index contributed by atoms with van der Waals surface area (Å²) in [4.78, 5) is 58.8. The standard InChI is InChI=1S/C12H18N5O11P3/c1-5-8(28-29(19)20)6(2-26-31(24,25)4-30(21,22)23)27-11(5)17-3-14-7-9(17)15-12(13)16-10(7)18/h3,5-6,8,11H,2,4H2,1H3,(H6-,13,15,16,18,19,20,21,22,23,24,25)/p+1/t5?,6-,8?,11-/m1/s1. The van der Waals surface area contributed by atoms with Crippen molar-refractivity contribution in [3.63, 3.8) is 0 Å². The average Bonchev–Trinajstić information content (AvgIpc) is 3.13. The largest absolute Gasteiger partial charge is 0.695 e. The van der Waals surface area contributed by atoms with Gasteiger partial charge >= 0.3 is 23.4 Å². The lowest BCUT2D eigenvalue weighted by atomic mass is 10.0. The van der Waals surface area contributed by atoms with Gasteiger partial charge in [-0.3, -0.25) is 23.5 Å². The molecule has 3 heterocycles. The molecule has 2 aromatic rings. The summed E-state index contributed by atoms with van der Waals surface area (Å²) in [5, 5.41) is 0. The van der Waals surface area contributed by atoms with Gasteiger partial charge in [-0.15, -0.1) is 9.42 Å². The number of rotatable bonds is 8. The van der Waals surface area contributed by atoms with Crippen LogP contribution >= 0.6 is 23.4 Å². The van der Waals surface area contributed by atoms with E-state index >= 15 is 0 Å². The van der Waals surface area contributed by atoms with Crippen molar-refractivity contribution >= 4 is 40.6 Å². The van der Waals surface area contributed by atoms with Crippen LogP contribution in [0.1, 0.15) is 13.2 Å². The minimum absolute atomic E-state index is 0.0445. The minimum Gasteiger partial charge on any atom is -0.369 e. The summed E-state index contributed by atoms with van der Waals surface area (Å²) in [6.45, 7) is 0.885. The van der Waals surface area contributed by atoms with Crippen LogP contribution in [0.3, 0.4) is 0 Å². The molecule has 6 atom stereocenters. The molecule has 7 N–H and O–H groups in total. The molecular formula is C12H19N5O11P3+. The Morgan fingerprint density at radius 1 is 1.39 bits per heavy atom. The van der Waals surface area contributed by atoms with Gasteiger partial charge in [-0.25, -0.2) is 4.98 Å². The molecule has 1 fully saturated rings. The maximum absolute atomic E-state index is 12.0. The lowest BCUT2D eigenvalue weighted by Crippen LogP contribution is -2.30. The Morgan fingerprint density at radius 3 is 2.68 bits per heavy atom. The second-order valence-electron chi connectivity index (χ2n) is 6.75. The number of anilines is 1. The fourth-order valence-electron chi connectivity index (χ4n) is 3.20. The van der Waals surface area contributed by atoms with E-state index in [1.54, 1.807) is 6.92 Å². The lowest BCUT2D eigenvalue weighted by molar-refractivity contribution is -0.0382. The van der Waals surface area contributed by atoms with Crippen molar-refractivity contribution in [3.8, 4) is 0 Å². The normalized spacial score (nSPS) is 26.8. The molecule has 0 spiro atoms. The predicted octanol–water partition coefficient (Wildman–Crippen LogP) is -0.393. The first-order chi connectivity index (χ1) is 14.3. The van der Waals surface area contributed by atoms with E-state index in [4.69, 9.17) is 29.3 Å². The fraction of sp³-hybridized carbons (Fsp3) is 0.583. The van der Waals surface area contributed by atoms with Crippen molar-refractivity contribution in [1.82, 2.24) is 19.5 Å². The molecular weight excluding hydrogens is 483 g/mol. The summed E-state index contributed by atoms with van der Waals surface area (Å²) in [7, 11) is -12.7. The van der Waals surface area contributed by atoms with E-state index in [1.807, 2.05) is 0 Å². The Labute approximate surface area is 174 Å². The first kappa shape index (κ1) is 24.1. The number of hydrogen-bond donors (Lipinski definition) is 6.